The molecule has 5 rings (SSSR count). The SMILES string of the molecule is C[C@@H](NC(=O)[C@@H]1[C@H]2CC[C@@]3(CC(=O)c4ccccc4O3)[C@@H]21)c1ccccc1. The van der Waals surface area contributed by atoms with Crippen LogP contribution in [-0.4, -0.2) is 17.3 Å². The van der Waals surface area contributed by atoms with Crippen LogP contribution in [0.15, 0.2) is 54.6 Å². The number of benzene rings is 2. The number of carbonyl (C=O) groups excluding carboxylic acids is 2. The molecular weight excluding hydrogens is 338 g/mol. The van der Waals surface area contributed by atoms with Crippen LogP contribution in [0.2, 0.25) is 0 Å². The highest BCUT2D eigenvalue weighted by atomic mass is 16.5. The summed E-state index contributed by atoms with van der Waals surface area (Å²) < 4.78 is 6.37. The molecule has 4 heteroatoms. The van der Waals surface area contributed by atoms with Crippen LogP contribution in [0.3, 0.4) is 0 Å². The van der Waals surface area contributed by atoms with Crippen LogP contribution < -0.4 is 10.1 Å². The van der Waals surface area contributed by atoms with E-state index in [2.05, 4.69) is 5.32 Å². The van der Waals surface area contributed by atoms with Gasteiger partial charge >= 0.3 is 0 Å². The Labute approximate surface area is 158 Å². The van der Waals surface area contributed by atoms with Gasteiger partial charge in [0.05, 0.1) is 18.0 Å². The van der Waals surface area contributed by atoms with Crippen LogP contribution in [0.1, 0.15) is 48.1 Å². The van der Waals surface area contributed by atoms with E-state index < -0.39 is 5.60 Å². The van der Waals surface area contributed by atoms with Gasteiger partial charge in [-0.05, 0) is 43.4 Å². The Morgan fingerprint density at radius 3 is 2.70 bits per heavy atom. The van der Waals surface area contributed by atoms with Crippen molar-refractivity contribution in [1.29, 1.82) is 0 Å². The molecule has 1 amide bonds. The Morgan fingerprint density at radius 2 is 1.89 bits per heavy atom. The average Bonchev–Trinajstić information content (AvgIpc) is 3.34. The summed E-state index contributed by atoms with van der Waals surface area (Å²) in [5, 5.41) is 3.16. The second-order valence-electron chi connectivity index (χ2n) is 8.16. The fraction of sp³-hybridized carbons (Fsp3) is 0.391. The number of Topliss-reactive ketones (excluding diaryl/α,β-unsaturated/α-hetero) is 1. The van der Waals surface area contributed by atoms with Crippen molar-refractivity contribution in [3.8, 4) is 5.75 Å². The van der Waals surface area contributed by atoms with E-state index in [4.69, 9.17) is 4.74 Å². The van der Waals surface area contributed by atoms with Crippen molar-refractivity contribution in [1.82, 2.24) is 5.32 Å². The first kappa shape index (κ1) is 16.5. The molecule has 0 saturated heterocycles. The average molecular weight is 361 g/mol. The van der Waals surface area contributed by atoms with Gasteiger partial charge in [0, 0.05) is 11.8 Å². The molecule has 2 aromatic rings. The van der Waals surface area contributed by atoms with E-state index in [1.54, 1.807) is 0 Å². The second kappa shape index (κ2) is 5.95. The van der Waals surface area contributed by atoms with E-state index >= 15 is 0 Å². The molecule has 2 aliphatic carbocycles. The quantitative estimate of drug-likeness (QED) is 0.901. The topological polar surface area (TPSA) is 55.4 Å². The normalized spacial score (nSPS) is 31.6. The molecule has 4 nitrogen and oxygen atoms in total. The molecule has 2 aromatic carbocycles. The Kier molecular flexibility index (Phi) is 3.64. The van der Waals surface area contributed by atoms with Crippen molar-refractivity contribution in [2.75, 3.05) is 0 Å². The summed E-state index contributed by atoms with van der Waals surface area (Å²) in [5.41, 5.74) is 1.28. The maximum Gasteiger partial charge on any atom is 0.224 e. The molecule has 0 radical (unpaired) electrons. The van der Waals surface area contributed by atoms with Crippen LogP contribution >= 0.6 is 0 Å². The van der Waals surface area contributed by atoms with Crippen molar-refractivity contribution in [3.63, 3.8) is 0 Å². The predicted molar refractivity (Wildman–Crippen MR) is 101 cm³/mol. The van der Waals surface area contributed by atoms with E-state index in [1.807, 2.05) is 61.5 Å². The molecule has 2 saturated carbocycles. The molecule has 0 bridgehead atoms. The number of para-hydroxylation sites is 1. The van der Waals surface area contributed by atoms with E-state index in [-0.39, 0.29) is 29.6 Å². The fourth-order valence-electron chi connectivity index (χ4n) is 5.25. The maximum absolute atomic E-state index is 12.9. The molecule has 27 heavy (non-hydrogen) atoms. The number of hydrogen-bond donors (Lipinski definition) is 1. The minimum absolute atomic E-state index is 0.0226. The highest BCUT2D eigenvalue weighted by molar-refractivity contribution is 6.00. The number of amides is 1. The fourth-order valence-corrected chi connectivity index (χ4v) is 5.25. The van der Waals surface area contributed by atoms with Gasteiger partial charge in [0.1, 0.15) is 11.4 Å². The first-order chi connectivity index (χ1) is 13.1. The lowest BCUT2D eigenvalue weighted by Gasteiger charge is -2.37. The number of rotatable bonds is 3. The molecule has 1 aliphatic heterocycles. The Hall–Kier alpha value is -2.62. The van der Waals surface area contributed by atoms with Gasteiger partial charge in [-0.25, -0.2) is 0 Å². The van der Waals surface area contributed by atoms with Crippen LogP contribution in [0.25, 0.3) is 0 Å². The molecular formula is C23H23NO3. The van der Waals surface area contributed by atoms with Crippen LogP contribution in [-0.2, 0) is 4.79 Å². The number of ketones is 1. The molecule has 1 N–H and O–H groups in total. The number of fused-ring (bicyclic) bond motifs is 3. The monoisotopic (exact) mass is 361 g/mol. The first-order valence-corrected chi connectivity index (χ1v) is 9.76. The van der Waals surface area contributed by atoms with E-state index in [0.717, 1.165) is 18.4 Å². The third-order valence-electron chi connectivity index (χ3n) is 6.60. The molecule has 3 aliphatic rings. The summed E-state index contributed by atoms with van der Waals surface area (Å²) in [6, 6.07) is 17.4. The highest BCUT2D eigenvalue weighted by Gasteiger charge is 2.70. The second-order valence-corrected chi connectivity index (χ2v) is 8.16. The van der Waals surface area contributed by atoms with Crippen LogP contribution in [0, 0.1) is 17.8 Å². The van der Waals surface area contributed by atoms with E-state index in [0.29, 0.717) is 23.7 Å². The van der Waals surface area contributed by atoms with Crippen LogP contribution in [0.4, 0.5) is 0 Å². The lowest BCUT2D eigenvalue weighted by atomic mass is 9.84. The van der Waals surface area contributed by atoms with E-state index in [1.165, 1.54) is 0 Å². The lowest BCUT2D eigenvalue weighted by Crippen LogP contribution is -2.44. The molecule has 2 fully saturated rings. The van der Waals surface area contributed by atoms with Crippen molar-refractivity contribution < 1.29 is 14.3 Å². The van der Waals surface area contributed by atoms with Gasteiger partial charge in [-0.15, -0.1) is 0 Å². The van der Waals surface area contributed by atoms with Gasteiger partial charge in [-0.1, -0.05) is 42.5 Å². The molecule has 0 unspecified atom stereocenters. The summed E-state index contributed by atoms with van der Waals surface area (Å²) in [6.07, 6.45) is 2.21. The summed E-state index contributed by atoms with van der Waals surface area (Å²) in [4.78, 5) is 25.6. The van der Waals surface area contributed by atoms with E-state index in [9.17, 15) is 9.59 Å². The molecule has 5 atom stereocenters. The molecule has 138 valence electrons. The van der Waals surface area contributed by atoms with Gasteiger partial charge in [0.25, 0.3) is 0 Å². The number of carbonyl (C=O) groups is 2. The molecule has 1 spiro atoms. The minimum atomic E-state index is -0.492. The smallest absolute Gasteiger partial charge is 0.224 e. The third-order valence-corrected chi connectivity index (χ3v) is 6.60. The minimum Gasteiger partial charge on any atom is -0.486 e. The third kappa shape index (κ3) is 2.58. The lowest BCUT2D eigenvalue weighted by molar-refractivity contribution is -0.124. The van der Waals surface area contributed by atoms with Gasteiger partial charge in [-0.3, -0.25) is 9.59 Å². The number of hydrogen-bond acceptors (Lipinski definition) is 3. The maximum atomic E-state index is 12.9. The predicted octanol–water partition coefficient (Wildman–Crippen LogP) is 3.92. The zero-order valence-electron chi connectivity index (χ0n) is 15.4. The summed E-state index contributed by atoms with van der Waals surface area (Å²) in [5.74, 6) is 1.36. The standard InChI is InChI=1S/C23H23NO3/c1-14(15-7-3-2-4-8-15)24-22(26)20-17-11-12-23(21(17)20)13-18(25)16-9-5-6-10-19(16)27-23/h2-10,14,17,20-21H,11-13H2,1H3,(H,24,26)/t14-,17-,20-,21+,23-/m1/s1. The number of nitrogens with one attached hydrogen (secondary N) is 1. The van der Waals surface area contributed by atoms with Crippen LogP contribution in [0.5, 0.6) is 5.75 Å². The zero-order valence-corrected chi connectivity index (χ0v) is 15.4. The van der Waals surface area contributed by atoms with Gasteiger partial charge in [0.15, 0.2) is 5.78 Å². The summed E-state index contributed by atoms with van der Waals surface area (Å²) in [7, 11) is 0. The van der Waals surface area contributed by atoms with Crippen molar-refractivity contribution >= 4 is 11.7 Å². The van der Waals surface area contributed by atoms with Crippen molar-refractivity contribution in [3.05, 3.63) is 65.7 Å². The zero-order chi connectivity index (χ0) is 18.6. The largest absolute Gasteiger partial charge is 0.486 e. The Bertz CT molecular complexity index is 909. The van der Waals surface area contributed by atoms with Gasteiger partial charge in [-0.2, -0.15) is 0 Å². The summed E-state index contributed by atoms with van der Waals surface area (Å²) in [6.45, 7) is 2.01. The van der Waals surface area contributed by atoms with Crippen molar-refractivity contribution in [2.45, 2.75) is 37.8 Å². The molecule has 0 aromatic heterocycles. The Balaban J connectivity index is 1.33. The first-order valence-electron chi connectivity index (χ1n) is 9.76. The van der Waals surface area contributed by atoms with Gasteiger partial charge < -0.3 is 10.1 Å². The molecule has 1 heterocycles. The van der Waals surface area contributed by atoms with Crippen molar-refractivity contribution in [2.24, 2.45) is 17.8 Å². The highest BCUT2D eigenvalue weighted by Crippen LogP contribution is 2.65. The van der Waals surface area contributed by atoms with Gasteiger partial charge in [0.2, 0.25) is 5.91 Å². The summed E-state index contributed by atoms with van der Waals surface area (Å²) >= 11 is 0. The number of ether oxygens (including phenoxy) is 1. The Morgan fingerprint density at radius 1 is 1.15 bits per heavy atom.